The Morgan fingerprint density at radius 2 is 2.05 bits per heavy atom. The van der Waals surface area contributed by atoms with Crippen LogP contribution in [0.1, 0.15) is 42.6 Å². The van der Waals surface area contributed by atoms with Gasteiger partial charge in [-0.25, -0.2) is 0 Å². The van der Waals surface area contributed by atoms with Crippen LogP contribution >= 0.6 is 0 Å². The molecule has 0 bridgehead atoms. The van der Waals surface area contributed by atoms with E-state index in [2.05, 4.69) is 18.7 Å². The molecule has 1 saturated carbocycles. The molecule has 1 N–H and O–H groups in total. The minimum absolute atomic E-state index is 0.148. The van der Waals surface area contributed by atoms with Crippen molar-refractivity contribution in [2.45, 2.75) is 33.2 Å². The van der Waals surface area contributed by atoms with Gasteiger partial charge in [0.25, 0.3) is 0 Å². The van der Waals surface area contributed by atoms with Crippen LogP contribution in [0.25, 0.3) is 11.0 Å². The molecule has 1 fully saturated rings. The maximum absolute atomic E-state index is 12.4. The summed E-state index contributed by atoms with van der Waals surface area (Å²) in [6.45, 7) is 6.60. The maximum atomic E-state index is 12.4. The van der Waals surface area contributed by atoms with Gasteiger partial charge in [0.1, 0.15) is 17.6 Å². The van der Waals surface area contributed by atoms with Crippen LogP contribution in [-0.4, -0.2) is 28.9 Å². The monoisotopic (exact) mass is 287 g/mol. The lowest BCUT2D eigenvalue weighted by Crippen LogP contribution is -2.22. The Hall–Kier alpha value is -1.81. The van der Waals surface area contributed by atoms with E-state index >= 15 is 0 Å². The van der Waals surface area contributed by atoms with Gasteiger partial charge in [0.15, 0.2) is 5.78 Å². The minimum Gasteiger partial charge on any atom is -0.508 e. The molecule has 0 unspecified atom stereocenters. The van der Waals surface area contributed by atoms with Gasteiger partial charge in [-0.1, -0.05) is 13.8 Å². The Morgan fingerprint density at radius 3 is 2.67 bits per heavy atom. The third kappa shape index (κ3) is 2.56. The second-order valence-electron chi connectivity index (χ2n) is 5.69. The molecule has 3 rings (SSSR count). The van der Waals surface area contributed by atoms with Crippen molar-refractivity contribution in [2.24, 2.45) is 5.92 Å². The fourth-order valence-corrected chi connectivity index (χ4v) is 2.77. The summed E-state index contributed by atoms with van der Waals surface area (Å²) in [4.78, 5) is 14.6. The van der Waals surface area contributed by atoms with E-state index < -0.39 is 0 Å². The summed E-state index contributed by atoms with van der Waals surface area (Å²) in [6.07, 6.45) is 3.49. The molecule has 4 heteroatoms. The van der Waals surface area contributed by atoms with Gasteiger partial charge in [0.05, 0.1) is 5.56 Å². The van der Waals surface area contributed by atoms with Crippen LogP contribution in [0.5, 0.6) is 5.75 Å². The Bertz CT molecular complexity index is 666. The van der Waals surface area contributed by atoms with Gasteiger partial charge in [0.2, 0.25) is 0 Å². The van der Waals surface area contributed by atoms with Crippen LogP contribution in [-0.2, 0) is 6.54 Å². The number of phenolic OH excluding ortho intramolecular Hbond substituents is 1. The highest BCUT2D eigenvalue weighted by molar-refractivity contribution is 6.10. The second-order valence-corrected chi connectivity index (χ2v) is 5.69. The lowest BCUT2D eigenvalue weighted by Gasteiger charge is -2.19. The topological polar surface area (TPSA) is 53.7 Å². The van der Waals surface area contributed by atoms with Crippen molar-refractivity contribution in [1.29, 1.82) is 0 Å². The first-order valence-electron chi connectivity index (χ1n) is 7.64. The molecular formula is C17H21NO3. The zero-order chi connectivity index (χ0) is 15.0. The summed E-state index contributed by atoms with van der Waals surface area (Å²) in [5, 5.41) is 11.0. The number of Topliss-reactive ketones (excluding diaryl/α,β-unsaturated/α-hetero) is 1. The quantitative estimate of drug-likeness (QED) is 0.825. The molecular weight excluding hydrogens is 266 g/mol. The average molecular weight is 287 g/mol. The van der Waals surface area contributed by atoms with Crippen LogP contribution in [0.15, 0.2) is 22.8 Å². The number of furan rings is 1. The lowest BCUT2D eigenvalue weighted by atomic mass is 10.0. The minimum atomic E-state index is 0.148. The van der Waals surface area contributed by atoms with Gasteiger partial charge in [-0.05, 0) is 38.1 Å². The summed E-state index contributed by atoms with van der Waals surface area (Å²) in [6, 6.07) is 3.39. The SMILES string of the molecule is CCN(CC)Cc1c(O)ccc2occ(C(=O)C3CC3)c12. The molecule has 4 nitrogen and oxygen atoms in total. The zero-order valence-corrected chi connectivity index (χ0v) is 12.6. The molecule has 0 radical (unpaired) electrons. The summed E-state index contributed by atoms with van der Waals surface area (Å²) in [5.41, 5.74) is 2.11. The van der Waals surface area contributed by atoms with Crippen LogP contribution in [0.4, 0.5) is 0 Å². The van der Waals surface area contributed by atoms with Crippen molar-refractivity contribution < 1.29 is 14.3 Å². The number of fused-ring (bicyclic) bond motifs is 1. The van der Waals surface area contributed by atoms with Gasteiger partial charge >= 0.3 is 0 Å². The van der Waals surface area contributed by atoms with Crippen molar-refractivity contribution in [3.05, 3.63) is 29.5 Å². The van der Waals surface area contributed by atoms with E-state index in [1.54, 1.807) is 18.4 Å². The zero-order valence-electron chi connectivity index (χ0n) is 12.6. The highest BCUT2D eigenvalue weighted by atomic mass is 16.3. The number of phenols is 1. The number of rotatable bonds is 6. The summed E-state index contributed by atoms with van der Waals surface area (Å²) >= 11 is 0. The molecule has 112 valence electrons. The van der Waals surface area contributed by atoms with Crippen molar-refractivity contribution in [2.75, 3.05) is 13.1 Å². The van der Waals surface area contributed by atoms with E-state index in [0.29, 0.717) is 17.7 Å². The Morgan fingerprint density at radius 1 is 1.33 bits per heavy atom. The third-order valence-electron chi connectivity index (χ3n) is 4.31. The Kier molecular flexibility index (Phi) is 3.72. The molecule has 21 heavy (non-hydrogen) atoms. The van der Waals surface area contributed by atoms with Crippen molar-refractivity contribution >= 4 is 16.8 Å². The van der Waals surface area contributed by atoms with Gasteiger partial charge < -0.3 is 9.52 Å². The molecule has 0 saturated heterocycles. The molecule has 1 aromatic carbocycles. The van der Waals surface area contributed by atoms with E-state index in [-0.39, 0.29) is 17.5 Å². The van der Waals surface area contributed by atoms with E-state index in [1.807, 2.05) is 0 Å². The fourth-order valence-electron chi connectivity index (χ4n) is 2.77. The smallest absolute Gasteiger partial charge is 0.169 e. The average Bonchev–Trinajstić information content (AvgIpc) is 3.25. The maximum Gasteiger partial charge on any atom is 0.169 e. The Balaban J connectivity index is 2.09. The molecule has 2 aromatic rings. The molecule has 0 atom stereocenters. The summed E-state index contributed by atoms with van der Waals surface area (Å²) < 4.78 is 5.54. The van der Waals surface area contributed by atoms with Gasteiger partial charge in [0, 0.05) is 23.4 Å². The predicted molar refractivity (Wildman–Crippen MR) is 81.6 cm³/mol. The Labute approximate surface area is 124 Å². The summed E-state index contributed by atoms with van der Waals surface area (Å²) in [7, 11) is 0. The molecule has 1 heterocycles. The highest BCUT2D eigenvalue weighted by Gasteiger charge is 2.33. The van der Waals surface area contributed by atoms with Crippen molar-refractivity contribution in [3.8, 4) is 5.75 Å². The van der Waals surface area contributed by atoms with E-state index in [4.69, 9.17) is 4.42 Å². The van der Waals surface area contributed by atoms with Gasteiger partial charge in [-0.3, -0.25) is 9.69 Å². The molecule has 0 spiro atoms. The van der Waals surface area contributed by atoms with Crippen LogP contribution in [0.2, 0.25) is 0 Å². The highest BCUT2D eigenvalue weighted by Crippen LogP contribution is 2.38. The lowest BCUT2D eigenvalue weighted by molar-refractivity contribution is 0.0968. The first-order valence-corrected chi connectivity index (χ1v) is 7.64. The van der Waals surface area contributed by atoms with Crippen molar-refractivity contribution in [1.82, 2.24) is 4.90 Å². The van der Waals surface area contributed by atoms with Crippen molar-refractivity contribution in [3.63, 3.8) is 0 Å². The molecule has 1 aromatic heterocycles. The standard InChI is InChI=1S/C17H21NO3/c1-3-18(4-2)9-12-14(19)7-8-15-16(12)13(10-21-15)17(20)11-5-6-11/h7-8,10-11,19H,3-6,9H2,1-2H3. The number of benzene rings is 1. The number of nitrogens with zero attached hydrogens (tertiary/aromatic N) is 1. The third-order valence-corrected chi connectivity index (χ3v) is 4.31. The van der Waals surface area contributed by atoms with Gasteiger partial charge in [-0.15, -0.1) is 0 Å². The fraction of sp³-hybridized carbons (Fsp3) is 0.471. The number of hydrogen-bond acceptors (Lipinski definition) is 4. The molecule has 0 aliphatic heterocycles. The largest absolute Gasteiger partial charge is 0.508 e. The van der Waals surface area contributed by atoms with E-state index in [1.165, 1.54) is 0 Å². The van der Waals surface area contributed by atoms with Crippen LogP contribution in [0, 0.1) is 5.92 Å². The van der Waals surface area contributed by atoms with E-state index in [9.17, 15) is 9.90 Å². The number of carbonyl (C=O) groups excluding carboxylic acids is 1. The van der Waals surface area contributed by atoms with E-state index in [0.717, 1.165) is 36.9 Å². The molecule has 0 amide bonds. The van der Waals surface area contributed by atoms with Gasteiger partial charge in [-0.2, -0.15) is 0 Å². The second kappa shape index (κ2) is 5.53. The molecule has 1 aliphatic rings. The number of hydrogen-bond donors (Lipinski definition) is 1. The first-order chi connectivity index (χ1) is 10.2. The number of carbonyl (C=O) groups is 1. The summed E-state index contributed by atoms with van der Waals surface area (Å²) in [5.74, 6) is 0.537. The van der Waals surface area contributed by atoms with Crippen LogP contribution in [0.3, 0.4) is 0 Å². The number of ketones is 1. The normalized spacial score (nSPS) is 15.0. The predicted octanol–water partition coefficient (Wildman–Crippen LogP) is 3.57. The first kappa shape index (κ1) is 14.1. The van der Waals surface area contributed by atoms with Crippen LogP contribution < -0.4 is 0 Å². The molecule has 1 aliphatic carbocycles. The number of aromatic hydroxyl groups is 1.